The molecule has 3 N–H and O–H groups in total. The van der Waals surface area contributed by atoms with E-state index in [4.69, 9.17) is 4.74 Å². The molecule has 134 valence electrons. The fraction of sp³-hybridized carbons (Fsp3) is 0.350. The number of ether oxygens (including phenoxy) is 1. The zero-order chi connectivity index (χ0) is 17.9. The molecule has 0 spiro atoms. The van der Waals surface area contributed by atoms with Gasteiger partial charge in [-0.15, -0.1) is 0 Å². The predicted octanol–water partition coefficient (Wildman–Crippen LogP) is 2.18. The monoisotopic (exact) mass is 341 g/mol. The summed E-state index contributed by atoms with van der Waals surface area (Å²) in [7, 11) is 3.43. The lowest BCUT2D eigenvalue weighted by Gasteiger charge is -2.18. The van der Waals surface area contributed by atoms with Crippen LogP contribution in [0.3, 0.4) is 0 Å². The van der Waals surface area contributed by atoms with E-state index in [0.29, 0.717) is 6.54 Å². The van der Waals surface area contributed by atoms with Gasteiger partial charge < -0.3 is 20.5 Å². The summed E-state index contributed by atoms with van der Waals surface area (Å²) in [5, 5.41) is 16.2. The van der Waals surface area contributed by atoms with Crippen molar-refractivity contribution in [2.24, 2.45) is 4.99 Å². The maximum Gasteiger partial charge on any atom is 0.191 e. The molecule has 0 amide bonds. The molecule has 0 aromatic heterocycles. The van der Waals surface area contributed by atoms with Crippen molar-refractivity contribution in [2.75, 3.05) is 33.9 Å². The summed E-state index contributed by atoms with van der Waals surface area (Å²) in [6.07, 6.45) is 0.840. The van der Waals surface area contributed by atoms with Gasteiger partial charge in [-0.25, -0.2) is 0 Å². The van der Waals surface area contributed by atoms with Crippen LogP contribution in [0.5, 0.6) is 5.75 Å². The van der Waals surface area contributed by atoms with E-state index in [2.05, 4.69) is 21.7 Å². The molecule has 0 aliphatic carbocycles. The lowest BCUT2D eigenvalue weighted by molar-refractivity contribution is 0.265. The molecule has 1 unspecified atom stereocenters. The number of aliphatic hydroxyl groups is 1. The van der Waals surface area contributed by atoms with Crippen molar-refractivity contribution >= 4 is 5.96 Å². The van der Waals surface area contributed by atoms with E-state index in [1.165, 1.54) is 0 Å². The number of nitrogens with zero attached hydrogens (tertiary/aromatic N) is 1. The van der Waals surface area contributed by atoms with Crippen LogP contribution >= 0.6 is 0 Å². The van der Waals surface area contributed by atoms with Gasteiger partial charge in [-0.05, 0) is 23.6 Å². The minimum Gasteiger partial charge on any atom is -0.496 e. The first kappa shape index (κ1) is 18.8. The number of benzene rings is 2. The van der Waals surface area contributed by atoms with Crippen LogP contribution in [0.25, 0.3) is 0 Å². The van der Waals surface area contributed by atoms with E-state index < -0.39 is 0 Å². The average Bonchev–Trinajstić information content (AvgIpc) is 2.68. The van der Waals surface area contributed by atoms with Crippen molar-refractivity contribution in [3.8, 4) is 5.75 Å². The number of para-hydroxylation sites is 1. The van der Waals surface area contributed by atoms with Crippen LogP contribution in [-0.2, 0) is 6.42 Å². The summed E-state index contributed by atoms with van der Waals surface area (Å²) in [5.41, 5.74) is 2.27. The van der Waals surface area contributed by atoms with Crippen molar-refractivity contribution < 1.29 is 9.84 Å². The van der Waals surface area contributed by atoms with Gasteiger partial charge in [0.1, 0.15) is 5.75 Å². The van der Waals surface area contributed by atoms with Gasteiger partial charge >= 0.3 is 0 Å². The largest absolute Gasteiger partial charge is 0.496 e. The zero-order valence-corrected chi connectivity index (χ0v) is 14.9. The highest BCUT2D eigenvalue weighted by atomic mass is 16.5. The predicted molar refractivity (Wildman–Crippen MR) is 102 cm³/mol. The van der Waals surface area contributed by atoms with E-state index in [9.17, 15) is 5.11 Å². The van der Waals surface area contributed by atoms with E-state index in [1.54, 1.807) is 14.2 Å². The minimum atomic E-state index is 0.0361. The van der Waals surface area contributed by atoms with E-state index in [0.717, 1.165) is 35.8 Å². The van der Waals surface area contributed by atoms with Crippen LogP contribution in [0.1, 0.15) is 17.0 Å². The molecule has 0 radical (unpaired) electrons. The molecule has 0 aliphatic rings. The second-order valence-electron chi connectivity index (χ2n) is 5.73. The van der Waals surface area contributed by atoms with Crippen LogP contribution in [0, 0.1) is 0 Å². The summed E-state index contributed by atoms with van der Waals surface area (Å²) >= 11 is 0. The molecule has 5 nitrogen and oxygen atoms in total. The number of hydrogen-bond donors (Lipinski definition) is 3. The number of nitrogens with one attached hydrogen (secondary N) is 2. The van der Waals surface area contributed by atoms with Crippen molar-refractivity contribution in [1.29, 1.82) is 0 Å². The van der Waals surface area contributed by atoms with Gasteiger partial charge in [0.05, 0.1) is 13.7 Å². The van der Waals surface area contributed by atoms with Gasteiger partial charge in [-0.1, -0.05) is 48.5 Å². The summed E-state index contributed by atoms with van der Waals surface area (Å²) in [6.45, 7) is 1.46. The van der Waals surface area contributed by atoms with Crippen LogP contribution < -0.4 is 15.4 Å². The Kier molecular flexibility index (Phi) is 7.79. The third-order valence-corrected chi connectivity index (χ3v) is 4.11. The first-order valence-corrected chi connectivity index (χ1v) is 8.50. The number of aliphatic hydroxyl groups excluding tert-OH is 1. The SMILES string of the molecule is CN=C(NCCc1ccccc1OC)NCC(CO)c1ccccc1. The van der Waals surface area contributed by atoms with Gasteiger partial charge in [-0.3, -0.25) is 4.99 Å². The molecule has 1 atom stereocenters. The summed E-state index contributed by atoms with van der Waals surface area (Å²) < 4.78 is 5.37. The third-order valence-electron chi connectivity index (χ3n) is 4.11. The highest BCUT2D eigenvalue weighted by molar-refractivity contribution is 5.79. The minimum absolute atomic E-state index is 0.0361. The number of methoxy groups -OCH3 is 1. The second-order valence-corrected chi connectivity index (χ2v) is 5.73. The molecule has 2 rings (SSSR count). The van der Waals surface area contributed by atoms with Crippen LogP contribution in [0.15, 0.2) is 59.6 Å². The Hall–Kier alpha value is -2.53. The molecular formula is C20H27N3O2. The Morgan fingerprint density at radius 1 is 1.08 bits per heavy atom. The Labute approximate surface area is 149 Å². The highest BCUT2D eigenvalue weighted by Gasteiger charge is 2.10. The maximum atomic E-state index is 9.63. The molecule has 0 fully saturated rings. The first-order chi connectivity index (χ1) is 12.3. The fourth-order valence-corrected chi connectivity index (χ4v) is 2.68. The van der Waals surface area contributed by atoms with Gasteiger partial charge in [0, 0.05) is 26.1 Å². The number of rotatable bonds is 8. The smallest absolute Gasteiger partial charge is 0.191 e. The van der Waals surface area contributed by atoms with Crippen molar-refractivity contribution in [3.05, 3.63) is 65.7 Å². The van der Waals surface area contributed by atoms with Crippen molar-refractivity contribution in [3.63, 3.8) is 0 Å². The van der Waals surface area contributed by atoms with E-state index in [1.807, 2.05) is 48.5 Å². The molecule has 0 aliphatic heterocycles. The summed E-state index contributed by atoms with van der Waals surface area (Å²) in [4.78, 5) is 4.24. The topological polar surface area (TPSA) is 65.9 Å². The lowest BCUT2D eigenvalue weighted by Crippen LogP contribution is -2.40. The van der Waals surface area contributed by atoms with Gasteiger partial charge in [-0.2, -0.15) is 0 Å². The van der Waals surface area contributed by atoms with Crippen LogP contribution in [0.4, 0.5) is 0 Å². The molecular weight excluding hydrogens is 314 g/mol. The Bertz CT molecular complexity index is 659. The lowest BCUT2D eigenvalue weighted by atomic mass is 10.0. The normalized spacial score (nSPS) is 12.5. The Morgan fingerprint density at radius 2 is 1.80 bits per heavy atom. The Morgan fingerprint density at radius 3 is 2.48 bits per heavy atom. The van der Waals surface area contributed by atoms with Crippen molar-refractivity contribution in [2.45, 2.75) is 12.3 Å². The molecule has 0 saturated carbocycles. The highest BCUT2D eigenvalue weighted by Crippen LogP contribution is 2.17. The van der Waals surface area contributed by atoms with Gasteiger partial charge in [0.15, 0.2) is 5.96 Å². The summed E-state index contributed by atoms with van der Waals surface area (Å²) in [5.74, 6) is 1.66. The first-order valence-electron chi connectivity index (χ1n) is 8.50. The van der Waals surface area contributed by atoms with E-state index in [-0.39, 0.29) is 12.5 Å². The summed E-state index contributed by atoms with van der Waals surface area (Å²) in [6, 6.07) is 18.0. The molecule has 25 heavy (non-hydrogen) atoms. The van der Waals surface area contributed by atoms with Crippen LogP contribution in [-0.4, -0.2) is 44.9 Å². The molecule has 5 heteroatoms. The quantitative estimate of drug-likeness (QED) is 0.509. The Balaban J connectivity index is 1.82. The molecule has 2 aromatic rings. The van der Waals surface area contributed by atoms with Crippen LogP contribution in [0.2, 0.25) is 0 Å². The maximum absolute atomic E-state index is 9.63. The third kappa shape index (κ3) is 5.80. The van der Waals surface area contributed by atoms with Gasteiger partial charge in [0.2, 0.25) is 0 Å². The molecule has 2 aromatic carbocycles. The number of guanidine groups is 1. The zero-order valence-electron chi connectivity index (χ0n) is 14.9. The molecule has 0 saturated heterocycles. The fourth-order valence-electron chi connectivity index (χ4n) is 2.68. The second kappa shape index (κ2) is 10.4. The van der Waals surface area contributed by atoms with E-state index >= 15 is 0 Å². The molecule has 0 bridgehead atoms. The number of aliphatic imine (C=N–C) groups is 1. The number of hydrogen-bond acceptors (Lipinski definition) is 3. The van der Waals surface area contributed by atoms with Gasteiger partial charge in [0.25, 0.3) is 0 Å². The molecule has 0 heterocycles. The van der Waals surface area contributed by atoms with Crippen molar-refractivity contribution in [1.82, 2.24) is 10.6 Å². The average molecular weight is 341 g/mol. The standard InChI is InChI=1S/C20H27N3O2/c1-21-20(22-13-12-17-10-6-7-11-19(17)25-2)23-14-18(15-24)16-8-4-3-5-9-16/h3-11,18,24H,12-15H2,1-2H3,(H2,21,22,23).